The molecule has 2 unspecified atom stereocenters. The minimum atomic E-state index is -0.919. The third-order valence-corrected chi connectivity index (χ3v) is 5.46. The SMILES string of the molecule is CCOC(=O)C(CS)NC(=O)c1ccccc1Nc1ccccc1C(=O)NC(CS)C(=O)OCC. The number of anilines is 2. The average Bonchev–Trinajstić information content (AvgIpc) is 2.86. The van der Waals surface area contributed by atoms with Crippen molar-refractivity contribution in [3.8, 4) is 0 Å². The zero-order valence-corrected chi connectivity index (χ0v) is 21.2. The van der Waals surface area contributed by atoms with Crippen molar-refractivity contribution in [2.45, 2.75) is 25.9 Å². The largest absolute Gasteiger partial charge is 0.464 e. The molecule has 3 N–H and O–H groups in total. The van der Waals surface area contributed by atoms with Gasteiger partial charge in [-0.15, -0.1) is 0 Å². The lowest BCUT2D eigenvalue weighted by molar-refractivity contribution is -0.145. The van der Waals surface area contributed by atoms with E-state index in [-0.39, 0.29) is 35.8 Å². The molecule has 2 aromatic carbocycles. The summed E-state index contributed by atoms with van der Waals surface area (Å²) in [6.07, 6.45) is 0. The minimum absolute atomic E-state index is 0.0654. The Morgan fingerprint density at radius 2 is 1.09 bits per heavy atom. The quantitative estimate of drug-likeness (QED) is 0.216. The van der Waals surface area contributed by atoms with Gasteiger partial charge in [-0.05, 0) is 38.1 Å². The highest BCUT2D eigenvalue weighted by atomic mass is 32.1. The summed E-state index contributed by atoms with van der Waals surface area (Å²) in [5.74, 6) is -2.06. The molecule has 2 rings (SSSR count). The van der Waals surface area contributed by atoms with Gasteiger partial charge >= 0.3 is 11.9 Å². The van der Waals surface area contributed by atoms with Crippen LogP contribution >= 0.6 is 25.3 Å². The van der Waals surface area contributed by atoms with Gasteiger partial charge in [-0.2, -0.15) is 25.3 Å². The van der Waals surface area contributed by atoms with Gasteiger partial charge in [-0.1, -0.05) is 24.3 Å². The molecule has 0 saturated heterocycles. The van der Waals surface area contributed by atoms with Gasteiger partial charge in [0, 0.05) is 11.5 Å². The van der Waals surface area contributed by atoms with E-state index in [4.69, 9.17) is 9.47 Å². The number of nitrogens with one attached hydrogen (secondary N) is 3. The Hall–Kier alpha value is -3.18. The molecular formula is C24H29N3O6S2. The van der Waals surface area contributed by atoms with Crippen LogP contribution in [0.2, 0.25) is 0 Å². The van der Waals surface area contributed by atoms with Gasteiger partial charge in [0.15, 0.2) is 0 Å². The first kappa shape index (κ1) is 28.1. The molecular weight excluding hydrogens is 490 g/mol. The molecule has 0 aliphatic heterocycles. The predicted octanol–water partition coefficient (Wildman–Crippen LogP) is 2.61. The first-order valence-corrected chi connectivity index (χ1v) is 12.2. The third-order valence-electron chi connectivity index (χ3n) is 4.73. The fraction of sp³-hybridized carbons (Fsp3) is 0.333. The zero-order valence-electron chi connectivity index (χ0n) is 19.4. The van der Waals surface area contributed by atoms with Crippen LogP contribution in [-0.2, 0) is 19.1 Å². The van der Waals surface area contributed by atoms with E-state index in [9.17, 15) is 19.2 Å². The van der Waals surface area contributed by atoms with Gasteiger partial charge in [0.2, 0.25) is 0 Å². The summed E-state index contributed by atoms with van der Waals surface area (Å²) in [5, 5.41) is 8.34. The van der Waals surface area contributed by atoms with Crippen LogP contribution in [0.15, 0.2) is 48.5 Å². The second kappa shape index (κ2) is 14.3. The van der Waals surface area contributed by atoms with Gasteiger partial charge in [0.1, 0.15) is 12.1 Å². The molecule has 0 aliphatic carbocycles. The predicted molar refractivity (Wildman–Crippen MR) is 140 cm³/mol. The molecule has 9 nitrogen and oxygen atoms in total. The molecule has 0 heterocycles. The second-order valence-corrected chi connectivity index (χ2v) is 7.87. The number of carbonyl (C=O) groups excluding carboxylic acids is 4. The summed E-state index contributed by atoms with van der Waals surface area (Å²) < 4.78 is 9.94. The fourth-order valence-electron chi connectivity index (χ4n) is 3.04. The van der Waals surface area contributed by atoms with Crippen molar-refractivity contribution in [2.75, 3.05) is 30.0 Å². The Balaban J connectivity index is 2.26. The average molecular weight is 520 g/mol. The van der Waals surface area contributed by atoms with Gasteiger partial charge in [-0.25, -0.2) is 9.59 Å². The Morgan fingerprint density at radius 3 is 1.43 bits per heavy atom. The number of thiol groups is 2. The first-order chi connectivity index (χ1) is 16.9. The molecule has 188 valence electrons. The van der Waals surface area contributed by atoms with Crippen molar-refractivity contribution in [2.24, 2.45) is 0 Å². The maximum Gasteiger partial charge on any atom is 0.329 e. The molecule has 11 heteroatoms. The van der Waals surface area contributed by atoms with Crippen molar-refractivity contribution in [3.05, 3.63) is 59.7 Å². The summed E-state index contributed by atoms with van der Waals surface area (Å²) in [6, 6.07) is 11.5. The van der Waals surface area contributed by atoms with E-state index >= 15 is 0 Å². The molecule has 2 atom stereocenters. The van der Waals surface area contributed by atoms with Crippen molar-refractivity contribution in [1.29, 1.82) is 0 Å². The number of ether oxygens (including phenoxy) is 2. The molecule has 35 heavy (non-hydrogen) atoms. The van der Waals surface area contributed by atoms with Crippen LogP contribution in [0.4, 0.5) is 11.4 Å². The Morgan fingerprint density at radius 1 is 0.714 bits per heavy atom. The van der Waals surface area contributed by atoms with Crippen LogP contribution in [0.25, 0.3) is 0 Å². The number of benzene rings is 2. The van der Waals surface area contributed by atoms with E-state index < -0.39 is 35.8 Å². The van der Waals surface area contributed by atoms with E-state index in [2.05, 4.69) is 41.2 Å². The zero-order chi connectivity index (χ0) is 25.8. The lowest BCUT2D eigenvalue weighted by Gasteiger charge is -2.19. The van der Waals surface area contributed by atoms with E-state index in [1.54, 1.807) is 62.4 Å². The van der Waals surface area contributed by atoms with Crippen LogP contribution in [0.5, 0.6) is 0 Å². The maximum atomic E-state index is 12.9. The Kier molecular flexibility index (Phi) is 11.4. The van der Waals surface area contributed by atoms with Crippen LogP contribution in [0, 0.1) is 0 Å². The summed E-state index contributed by atoms with van der Waals surface area (Å²) in [6.45, 7) is 3.71. The van der Waals surface area contributed by atoms with E-state index in [0.717, 1.165) is 0 Å². The lowest BCUT2D eigenvalue weighted by Crippen LogP contribution is -2.43. The summed E-state index contributed by atoms with van der Waals surface area (Å²) >= 11 is 8.25. The first-order valence-electron chi connectivity index (χ1n) is 11.0. The lowest BCUT2D eigenvalue weighted by atomic mass is 10.1. The van der Waals surface area contributed by atoms with Crippen LogP contribution in [-0.4, -0.2) is 60.6 Å². The topological polar surface area (TPSA) is 123 Å². The van der Waals surface area contributed by atoms with Crippen molar-refractivity contribution < 1.29 is 28.7 Å². The molecule has 2 aromatic rings. The number of carbonyl (C=O) groups is 4. The van der Waals surface area contributed by atoms with Crippen molar-refractivity contribution >= 4 is 60.4 Å². The highest BCUT2D eigenvalue weighted by Gasteiger charge is 2.24. The summed E-state index contributed by atoms with van der Waals surface area (Å²) in [4.78, 5) is 50.0. The number of hydrogen-bond acceptors (Lipinski definition) is 9. The Bertz CT molecular complexity index is 968. The number of esters is 2. The molecule has 0 bridgehead atoms. The van der Waals surface area contributed by atoms with Crippen molar-refractivity contribution in [3.63, 3.8) is 0 Å². The Labute approximate surface area is 215 Å². The van der Waals surface area contributed by atoms with Crippen LogP contribution in [0.3, 0.4) is 0 Å². The third kappa shape index (κ3) is 7.93. The van der Waals surface area contributed by atoms with Crippen LogP contribution < -0.4 is 16.0 Å². The highest BCUT2D eigenvalue weighted by Crippen LogP contribution is 2.24. The minimum Gasteiger partial charge on any atom is -0.464 e. The van der Waals surface area contributed by atoms with Gasteiger partial charge < -0.3 is 25.4 Å². The standard InChI is InChI=1S/C24H29N3O6S2/c1-3-32-23(30)19(13-34)26-21(28)15-9-5-7-11-17(15)25-18-12-8-6-10-16(18)22(29)27-20(14-35)24(31)33-4-2/h5-12,19-20,25,34-35H,3-4,13-14H2,1-2H3,(H,26,28)(H,27,29). The number of hydrogen-bond donors (Lipinski definition) is 5. The number of rotatable bonds is 12. The van der Waals surface area contributed by atoms with E-state index in [0.29, 0.717) is 11.4 Å². The van der Waals surface area contributed by atoms with Gasteiger partial charge in [0.05, 0.1) is 35.7 Å². The molecule has 0 radical (unpaired) electrons. The molecule has 0 spiro atoms. The summed E-state index contributed by atoms with van der Waals surface area (Å²) in [5.41, 5.74) is 1.31. The van der Waals surface area contributed by atoms with Crippen molar-refractivity contribution in [1.82, 2.24) is 10.6 Å². The summed E-state index contributed by atoms with van der Waals surface area (Å²) in [7, 11) is 0. The second-order valence-electron chi connectivity index (χ2n) is 7.14. The smallest absolute Gasteiger partial charge is 0.329 e. The molecule has 0 saturated carbocycles. The number of amides is 2. The van der Waals surface area contributed by atoms with Gasteiger partial charge in [-0.3, -0.25) is 9.59 Å². The van der Waals surface area contributed by atoms with E-state index in [1.165, 1.54) is 0 Å². The molecule has 0 fully saturated rings. The molecule has 2 amide bonds. The van der Waals surface area contributed by atoms with E-state index in [1.807, 2.05) is 0 Å². The highest BCUT2D eigenvalue weighted by molar-refractivity contribution is 7.80. The maximum absolute atomic E-state index is 12.9. The normalized spacial score (nSPS) is 12.1. The fourth-order valence-corrected chi connectivity index (χ4v) is 3.52. The monoisotopic (exact) mass is 519 g/mol. The van der Waals surface area contributed by atoms with Crippen LogP contribution in [0.1, 0.15) is 34.6 Å². The number of para-hydroxylation sites is 2. The molecule has 0 aliphatic rings. The van der Waals surface area contributed by atoms with Gasteiger partial charge in [0.25, 0.3) is 11.8 Å². The molecule has 0 aromatic heterocycles.